The molecule has 0 aliphatic carbocycles. The van der Waals surface area contributed by atoms with Gasteiger partial charge in [0.25, 0.3) is 0 Å². The summed E-state index contributed by atoms with van der Waals surface area (Å²) in [6.07, 6.45) is 2.72. The Morgan fingerprint density at radius 1 is 1.61 bits per heavy atom. The molecule has 0 unspecified atom stereocenters. The van der Waals surface area contributed by atoms with Crippen LogP contribution in [0.25, 0.3) is 0 Å². The molecule has 0 saturated heterocycles. The normalized spacial score (nSPS) is 12.0. The number of aliphatic hydroxyl groups is 1. The number of rotatable bonds is 7. The van der Waals surface area contributed by atoms with Crippen LogP contribution >= 0.6 is 0 Å². The van der Waals surface area contributed by atoms with Crippen LogP contribution in [-0.4, -0.2) is 47.3 Å². The van der Waals surface area contributed by atoms with Gasteiger partial charge in [-0.2, -0.15) is 9.40 Å². The summed E-state index contributed by atoms with van der Waals surface area (Å²) < 4.78 is 27.3. The Hall–Kier alpha value is -1.18. The summed E-state index contributed by atoms with van der Waals surface area (Å²) in [5, 5.41) is 12.7. The smallest absolute Gasteiger partial charge is 0.246 e. The van der Waals surface area contributed by atoms with E-state index in [9.17, 15) is 8.42 Å². The Balaban J connectivity index is 2.99. The van der Waals surface area contributed by atoms with Crippen molar-refractivity contribution >= 4 is 10.0 Å². The number of hydrogen-bond donors (Lipinski definition) is 1. The minimum absolute atomic E-state index is 0.0789. The fourth-order valence-corrected chi connectivity index (χ4v) is 2.98. The Labute approximate surface area is 108 Å². The fourth-order valence-electron chi connectivity index (χ4n) is 1.52. The van der Waals surface area contributed by atoms with Crippen molar-refractivity contribution in [1.82, 2.24) is 14.1 Å². The quantitative estimate of drug-likeness (QED) is 0.732. The van der Waals surface area contributed by atoms with E-state index in [4.69, 9.17) is 5.11 Å². The number of hydrogen-bond acceptors (Lipinski definition) is 4. The molecule has 0 fully saturated rings. The minimum Gasteiger partial charge on any atom is -0.394 e. The molecule has 1 aromatic rings. The monoisotopic (exact) mass is 273 g/mol. The summed E-state index contributed by atoms with van der Waals surface area (Å²) in [4.78, 5) is 0.138. The van der Waals surface area contributed by atoms with Crippen LogP contribution in [0.4, 0.5) is 0 Å². The zero-order valence-electron chi connectivity index (χ0n) is 10.7. The molecule has 102 valence electrons. The lowest BCUT2D eigenvalue weighted by Gasteiger charge is -2.19. The summed E-state index contributed by atoms with van der Waals surface area (Å²) in [6, 6.07) is 0. The summed E-state index contributed by atoms with van der Waals surface area (Å²) in [5.41, 5.74) is 0.781. The number of likely N-dealkylation sites (N-methyl/N-ethyl adjacent to an activating group) is 1. The van der Waals surface area contributed by atoms with Crippen LogP contribution in [0.1, 0.15) is 13.8 Å². The predicted octanol–water partition coefficient (Wildman–Crippen LogP) is 0.462. The highest BCUT2D eigenvalue weighted by Gasteiger charge is 2.24. The summed E-state index contributed by atoms with van der Waals surface area (Å²) in [6.45, 7) is 8.16. The van der Waals surface area contributed by atoms with Crippen LogP contribution in [0, 0.1) is 0 Å². The predicted molar refractivity (Wildman–Crippen MR) is 68.6 cm³/mol. The Morgan fingerprint density at radius 3 is 2.78 bits per heavy atom. The van der Waals surface area contributed by atoms with Gasteiger partial charge in [0.05, 0.1) is 19.3 Å². The molecular formula is C11H19N3O3S. The molecule has 1 heterocycles. The van der Waals surface area contributed by atoms with Crippen molar-refractivity contribution in [3.63, 3.8) is 0 Å². The molecule has 0 aliphatic rings. The van der Waals surface area contributed by atoms with Crippen LogP contribution in [0.15, 0.2) is 29.4 Å². The van der Waals surface area contributed by atoms with Gasteiger partial charge in [0.15, 0.2) is 0 Å². The lowest BCUT2D eigenvalue weighted by Crippen LogP contribution is -2.32. The van der Waals surface area contributed by atoms with Crippen molar-refractivity contribution in [3.8, 4) is 0 Å². The van der Waals surface area contributed by atoms with Crippen LogP contribution < -0.4 is 0 Å². The van der Waals surface area contributed by atoms with Crippen molar-refractivity contribution in [2.75, 3.05) is 19.7 Å². The van der Waals surface area contributed by atoms with E-state index in [0.717, 1.165) is 5.57 Å². The standard InChI is InChI=1S/C11H19N3O3S/c1-4-14(8-10(2)3)18(16,17)11-7-12-13(9-11)5-6-15/h7,9,15H,2,4-6,8H2,1,3H3. The molecule has 1 rings (SSSR count). The van der Waals surface area contributed by atoms with Crippen molar-refractivity contribution in [2.24, 2.45) is 0 Å². The number of aromatic nitrogens is 2. The second kappa shape index (κ2) is 6.12. The summed E-state index contributed by atoms with van der Waals surface area (Å²) in [7, 11) is -3.54. The largest absolute Gasteiger partial charge is 0.394 e. The van der Waals surface area contributed by atoms with Crippen molar-refractivity contribution in [3.05, 3.63) is 24.5 Å². The van der Waals surface area contributed by atoms with Crippen LogP contribution in [-0.2, 0) is 16.6 Å². The third-order valence-corrected chi connectivity index (χ3v) is 4.25. The molecule has 0 aliphatic heterocycles. The van der Waals surface area contributed by atoms with E-state index in [1.165, 1.54) is 21.4 Å². The van der Waals surface area contributed by atoms with Crippen molar-refractivity contribution in [2.45, 2.75) is 25.3 Å². The SMILES string of the molecule is C=C(C)CN(CC)S(=O)(=O)c1cnn(CCO)c1. The molecular weight excluding hydrogens is 254 g/mol. The lowest BCUT2D eigenvalue weighted by atomic mass is 10.3. The molecule has 18 heavy (non-hydrogen) atoms. The molecule has 1 aromatic heterocycles. The van der Waals surface area contributed by atoms with E-state index in [0.29, 0.717) is 13.1 Å². The Kier molecular flexibility index (Phi) is 5.06. The van der Waals surface area contributed by atoms with Gasteiger partial charge in [-0.3, -0.25) is 4.68 Å². The van der Waals surface area contributed by atoms with Gasteiger partial charge >= 0.3 is 0 Å². The maximum absolute atomic E-state index is 12.3. The Morgan fingerprint density at radius 2 is 2.28 bits per heavy atom. The van der Waals surface area contributed by atoms with Gasteiger partial charge in [-0.1, -0.05) is 19.1 Å². The van der Waals surface area contributed by atoms with E-state index < -0.39 is 10.0 Å². The highest BCUT2D eigenvalue weighted by Crippen LogP contribution is 2.15. The van der Waals surface area contributed by atoms with Crippen LogP contribution in [0.2, 0.25) is 0 Å². The van der Waals surface area contributed by atoms with Gasteiger partial charge < -0.3 is 5.11 Å². The van der Waals surface area contributed by atoms with E-state index in [1.54, 1.807) is 13.8 Å². The Bertz CT molecular complexity index is 507. The van der Waals surface area contributed by atoms with Gasteiger partial charge in [0.1, 0.15) is 4.90 Å². The molecule has 0 radical (unpaired) electrons. The van der Waals surface area contributed by atoms with E-state index in [2.05, 4.69) is 11.7 Å². The lowest BCUT2D eigenvalue weighted by molar-refractivity contribution is 0.269. The highest BCUT2D eigenvalue weighted by molar-refractivity contribution is 7.89. The van der Waals surface area contributed by atoms with Gasteiger partial charge in [-0.25, -0.2) is 8.42 Å². The van der Waals surface area contributed by atoms with Crippen LogP contribution in [0.3, 0.4) is 0 Å². The third kappa shape index (κ3) is 3.41. The zero-order chi connectivity index (χ0) is 13.8. The number of aliphatic hydroxyl groups excluding tert-OH is 1. The first-order valence-corrected chi connectivity index (χ1v) is 7.13. The molecule has 0 saturated carbocycles. The van der Waals surface area contributed by atoms with Gasteiger partial charge in [-0.15, -0.1) is 0 Å². The molecule has 0 aromatic carbocycles. The first-order chi connectivity index (χ1) is 8.41. The summed E-state index contributed by atoms with van der Waals surface area (Å²) in [5.74, 6) is 0. The van der Waals surface area contributed by atoms with Crippen molar-refractivity contribution < 1.29 is 13.5 Å². The second-order valence-corrected chi connectivity index (χ2v) is 5.99. The van der Waals surface area contributed by atoms with Gasteiger partial charge in [-0.05, 0) is 6.92 Å². The molecule has 0 bridgehead atoms. The topological polar surface area (TPSA) is 75.4 Å². The van der Waals surface area contributed by atoms with Crippen LogP contribution in [0.5, 0.6) is 0 Å². The molecule has 0 amide bonds. The van der Waals surface area contributed by atoms with E-state index >= 15 is 0 Å². The highest BCUT2D eigenvalue weighted by atomic mass is 32.2. The maximum Gasteiger partial charge on any atom is 0.246 e. The molecule has 0 atom stereocenters. The zero-order valence-corrected chi connectivity index (χ0v) is 11.5. The second-order valence-electron chi connectivity index (χ2n) is 4.05. The average molecular weight is 273 g/mol. The third-order valence-electron chi connectivity index (χ3n) is 2.38. The van der Waals surface area contributed by atoms with Gasteiger partial charge in [0.2, 0.25) is 10.0 Å². The number of sulfonamides is 1. The average Bonchev–Trinajstić information content (AvgIpc) is 2.75. The first-order valence-electron chi connectivity index (χ1n) is 5.69. The molecule has 0 spiro atoms. The molecule has 6 nitrogen and oxygen atoms in total. The molecule has 1 N–H and O–H groups in total. The van der Waals surface area contributed by atoms with Gasteiger partial charge in [0, 0.05) is 19.3 Å². The first kappa shape index (κ1) is 14.9. The summed E-state index contributed by atoms with van der Waals surface area (Å²) >= 11 is 0. The minimum atomic E-state index is -3.54. The van der Waals surface area contributed by atoms with E-state index in [-0.39, 0.29) is 18.0 Å². The molecule has 7 heteroatoms. The van der Waals surface area contributed by atoms with E-state index in [1.807, 2.05) is 0 Å². The van der Waals surface area contributed by atoms with Crippen molar-refractivity contribution in [1.29, 1.82) is 0 Å². The maximum atomic E-state index is 12.3. The number of nitrogens with zero attached hydrogens (tertiary/aromatic N) is 3. The fraction of sp³-hybridized carbons (Fsp3) is 0.545.